The summed E-state index contributed by atoms with van der Waals surface area (Å²) in [6.45, 7) is 5.37. The standard InChI is InChI=1S/C23H27NO6/c1-23(2,3)30-22(26)24-18(15-9-7-6-8-10-15)19(21(25)28-5)29-20(24)16-11-13-17(27-4)14-12-16/h6-14,18-20H,1-5H3/t18-,19-,20+/m0/s1. The van der Waals surface area contributed by atoms with Crippen molar-refractivity contribution >= 4 is 12.1 Å². The maximum atomic E-state index is 13.3. The summed E-state index contributed by atoms with van der Waals surface area (Å²) in [4.78, 5) is 27.3. The van der Waals surface area contributed by atoms with Crippen LogP contribution in [0.4, 0.5) is 4.79 Å². The van der Waals surface area contributed by atoms with Gasteiger partial charge in [0.25, 0.3) is 0 Å². The first-order chi connectivity index (χ1) is 14.2. The van der Waals surface area contributed by atoms with Crippen LogP contribution in [-0.2, 0) is 19.0 Å². The molecule has 2 aromatic rings. The summed E-state index contributed by atoms with van der Waals surface area (Å²) >= 11 is 0. The van der Waals surface area contributed by atoms with Gasteiger partial charge in [-0.1, -0.05) is 42.5 Å². The van der Waals surface area contributed by atoms with Crippen LogP contribution in [0, 0.1) is 0 Å². The topological polar surface area (TPSA) is 74.3 Å². The molecule has 0 aromatic heterocycles. The van der Waals surface area contributed by atoms with Gasteiger partial charge in [-0.25, -0.2) is 9.59 Å². The average molecular weight is 413 g/mol. The highest BCUT2D eigenvalue weighted by molar-refractivity contribution is 5.79. The minimum absolute atomic E-state index is 0.562. The molecule has 7 nitrogen and oxygen atoms in total. The van der Waals surface area contributed by atoms with E-state index in [2.05, 4.69) is 0 Å². The normalized spacial score (nSPS) is 21.2. The summed E-state index contributed by atoms with van der Waals surface area (Å²) < 4.78 is 22.0. The Balaban J connectivity index is 2.09. The Hall–Kier alpha value is -3.06. The van der Waals surface area contributed by atoms with Gasteiger partial charge in [-0.15, -0.1) is 0 Å². The van der Waals surface area contributed by atoms with Crippen LogP contribution < -0.4 is 4.74 Å². The smallest absolute Gasteiger partial charge is 0.413 e. The molecule has 3 atom stereocenters. The molecule has 0 bridgehead atoms. The van der Waals surface area contributed by atoms with E-state index in [1.807, 2.05) is 30.3 Å². The van der Waals surface area contributed by atoms with Gasteiger partial charge in [0.05, 0.1) is 14.2 Å². The number of carbonyl (C=O) groups excluding carboxylic acids is 2. The second-order valence-corrected chi connectivity index (χ2v) is 7.95. The molecule has 0 unspecified atom stereocenters. The monoisotopic (exact) mass is 413 g/mol. The molecule has 2 aromatic carbocycles. The van der Waals surface area contributed by atoms with Crippen LogP contribution in [-0.4, -0.2) is 42.9 Å². The number of nitrogens with zero attached hydrogens (tertiary/aromatic N) is 1. The zero-order valence-electron chi connectivity index (χ0n) is 17.8. The van der Waals surface area contributed by atoms with Gasteiger partial charge in [0, 0.05) is 5.56 Å². The number of amides is 1. The Morgan fingerprint density at radius 2 is 1.57 bits per heavy atom. The molecule has 1 fully saturated rings. The van der Waals surface area contributed by atoms with Crippen molar-refractivity contribution < 1.29 is 28.5 Å². The fourth-order valence-electron chi connectivity index (χ4n) is 3.39. The SMILES string of the molecule is COC(=O)[C@H]1O[C@H](c2ccc(OC)cc2)N(C(=O)OC(C)(C)C)[C@H]1c1ccccc1. The number of esters is 1. The lowest BCUT2D eigenvalue weighted by molar-refractivity contribution is -0.154. The van der Waals surface area contributed by atoms with Crippen molar-refractivity contribution in [3.05, 3.63) is 65.7 Å². The van der Waals surface area contributed by atoms with E-state index in [4.69, 9.17) is 18.9 Å². The van der Waals surface area contributed by atoms with Crippen molar-refractivity contribution in [2.45, 2.75) is 44.7 Å². The first-order valence-corrected chi connectivity index (χ1v) is 9.68. The van der Waals surface area contributed by atoms with Gasteiger partial charge in [-0.2, -0.15) is 0 Å². The zero-order valence-corrected chi connectivity index (χ0v) is 17.8. The lowest BCUT2D eigenvalue weighted by atomic mass is 10.0. The van der Waals surface area contributed by atoms with E-state index < -0.39 is 36.0 Å². The Morgan fingerprint density at radius 3 is 2.10 bits per heavy atom. The van der Waals surface area contributed by atoms with Crippen LogP contribution in [0.15, 0.2) is 54.6 Å². The van der Waals surface area contributed by atoms with Gasteiger partial charge < -0.3 is 18.9 Å². The van der Waals surface area contributed by atoms with Crippen molar-refractivity contribution in [2.24, 2.45) is 0 Å². The molecule has 0 aliphatic carbocycles. The molecule has 0 radical (unpaired) electrons. The molecular formula is C23H27NO6. The molecule has 7 heteroatoms. The van der Waals surface area contributed by atoms with Crippen LogP contribution >= 0.6 is 0 Å². The molecule has 0 N–H and O–H groups in total. The Labute approximate surface area is 176 Å². The van der Waals surface area contributed by atoms with Gasteiger partial charge in [0.15, 0.2) is 12.3 Å². The Kier molecular flexibility index (Phi) is 6.31. The Morgan fingerprint density at radius 1 is 0.933 bits per heavy atom. The molecular weight excluding hydrogens is 386 g/mol. The Bertz CT molecular complexity index is 875. The van der Waals surface area contributed by atoms with Crippen molar-refractivity contribution in [1.82, 2.24) is 4.90 Å². The predicted molar refractivity (Wildman–Crippen MR) is 110 cm³/mol. The molecule has 0 spiro atoms. The van der Waals surface area contributed by atoms with Crippen LogP contribution in [0.5, 0.6) is 5.75 Å². The third-order valence-corrected chi connectivity index (χ3v) is 4.69. The zero-order chi connectivity index (χ0) is 21.9. The van der Waals surface area contributed by atoms with Gasteiger partial charge in [-0.05, 0) is 38.5 Å². The molecule has 1 saturated heterocycles. The molecule has 3 rings (SSSR count). The summed E-state index contributed by atoms with van der Waals surface area (Å²) in [5, 5.41) is 0. The van der Waals surface area contributed by atoms with Crippen LogP contribution in [0.25, 0.3) is 0 Å². The minimum atomic E-state index is -1.00. The van der Waals surface area contributed by atoms with E-state index >= 15 is 0 Å². The molecule has 160 valence electrons. The second kappa shape index (κ2) is 8.75. The molecule has 30 heavy (non-hydrogen) atoms. The van der Waals surface area contributed by atoms with E-state index in [-0.39, 0.29) is 0 Å². The number of hydrogen-bond donors (Lipinski definition) is 0. The van der Waals surface area contributed by atoms with Crippen molar-refractivity contribution in [1.29, 1.82) is 0 Å². The molecule has 1 aliphatic rings. The van der Waals surface area contributed by atoms with Gasteiger partial charge >= 0.3 is 12.1 Å². The lowest BCUT2D eigenvalue weighted by Gasteiger charge is -2.31. The number of carbonyl (C=O) groups is 2. The first kappa shape index (κ1) is 21.6. The number of ether oxygens (including phenoxy) is 4. The van der Waals surface area contributed by atoms with Crippen molar-refractivity contribution in [3.8, 4) is 5.75 Å². The largest absolute Gasteiger partial charge is 0.497 e. The molecule has 0 saturated carbocycles. The number of rotatable bonds is 4. The van der Waals surface area contributed by atoms with Gasteiger partial charge in [0.1, 0.15) is 17.4 Å². The molecule has 1 aliphatic heterocycles. The van der Waals surface area contributed by atoms with E-state index in [1.165, 1.54) is 12.0 Å². The van der Waals surface area contributed by atoms with Gasteiger partial charge in [0.2, 0.25) is 0 Å². The summed E-state index contributed by atoms with van der Waals surface area (Å²) in [7, 11) is 2.87. The van der Waals surface area contributed by atoms with E-state index in [0.29, 0.717) is 11.3 Å². The number of hydrogen-bond acceptors (Lipinski definition) is 6. The fraction of sp³-hybridized carbons (Fsp3) is 0.391. The van der Waals surface area contributed by atoms with Gasteiger partial charge in [-0.3, -0.25) is 4.90 Å². The van der Waals surface area contributed by atoms with Crippen LogP contribution in [0.1, 0.15) is 44.2 Å². The summed E-state index contributed by atoms with van der Waals surface area (Å²) in [5.74, 6) is 0.109. The molecule has 1 heterocycles. The maximum absolute atomic E-state index is 13.3. The van der Waals surface area contributed by atoms with E-state index in [1.54, 1.807) is 52.1 Å². The number of methoxy groups -OCH3 is 2. The first-order valence-electron chi connectivity index (χ1n) is 9.68. The van der Waals surface area contributed by atoms with E-state index in [0.717, 1.165) is 5.56 Å². The summed E-state index contributed by atoms with van der Waals surface area (Å²) in [5.41, 5.74) is 0.718. The number of benzene rings is 2. The third kappa shape index (κ3) is 4.57. The van der Waals surface area contributed by atoms with Crippen molar-refractivity contribution in [3.63, 3.8) is 0 Å². The highest BCUT2D eigenvalue weighted by Crippen LogP contribution is 2.44. The minimum Gasteiger partial charge on any atom is -0.497 e. The maximum Gasteiger partial charge on any atom is 0.413 e. The highest BCUT2D eigenvalue weighted by atomic mass is 16.6. The predicted octanol–water partition coefficient (Wildman–Crippen LogP) is 4.24. The third-order valence-electron chi connectivity index (χ3n) is 4.69. The molecule has 1 amide bonds. The summed E-state index contributed by atoms with van der Waals surface area (Å²) in [6, 6.07) is 15.7. The quantitative estimate of drug-likeness (QED) is 0.698. The van der Waals surface area contributed by atoms with Crippen LogP contribution in [0.2, 0.25) is 0 Å². The average Bonchev–Trinajstić information content (AvgIpc) is 3.13. The lowest BCUT2D eigenvalue weighted by Crippen LogP contribution is -2.40. The van der Waals surface area contributed by atoms with Crippen molar-refractivity contribution in [2.75, 3.05) is 14.2 Å². The highest BCUT2D eigenvalue weighted by Gasteiger charge is 2.51. The summed E-state index contributed by atoms with van der Waals surface area (Å²) in [6.07, 6.45) is -2.42. The fourth-order valence-corrected chi connectivity index (χ4v) is 3.39. The second-order valence-electron chi connectivity index (χ2n) is 7.95. The van der Waals surface area contributed by atoms with Crippen LogP contribution in [0.3, 0.4) is 0 Å². The van der Waals surface area contributed by atoms with E-state index in [9.17, 15) is 9.59 Å².